The molecule has 0 aliphatic carbocycles. The molecule has 162 valence electrons. The molecule has 8 heteroatoms. The molecule has 0 bridgehead atoms. The summed E-state index contributed by atoms with van der Waals surface area (Å²) in [5.41, 5.74) is 3.48. The normalized spacial score (nSPS) is 13.4. The topological polar surface area (TPSA) is 111 Å². The van der Waals surface area contributed by atoms with Crippen molar-refractivity contribution in [2.24, 2.45) is 0 Å². The molecule has 2 N–H and O–H groups in total. The first-order valence-electron chi connectivity index (χ1n) is 10.4. The highest BCUT2D eigenvalue weighted by atomic mass is 16.5. The maximum atomic E-state index is 12.3. The van der Waals surface area contributed by atoms with Gasteiger partial charge in [0.05, 0.1) is 31.6 Å². The molecule has 0 spiro atoms. The van der Waals surface area contributed by atoms with E-state index in [2.05, 4.69) is 10.2 Å². The van der Waals surface area contributed by atoms with Crippen LogP contribution in [-0.2, 0) is 11.3 Å². The highest BCUT2D eigenvalue weighted by Gasteiger charge is 2.17. The summed E-state index contributed by atoms with van der Waals surface area (Å²) in [6, 6.07) is 18.4. The number of carbonyl (C=O) groups is 1. The number of rotatable bonds is 6. The Morgan fingerprint density at radius 2 is 1.88 bits per heavy atom. The largest absolute Gasteiger partial charge is 0.392 e. The molecule has 0 radical (unpaired) electrons. The second kappa shape index (κ2) is 10.0. The molecule has 2 aromatic carbocycles. The number of morpholine rings is 1. The summed E-state index contributed by atoms with van der Waals surface area (Å²) in [4.78, 5) is 24.0. The Morgan fingerprint density at radius 3 is 2.66 bits per heavy atom. The van der Waals surface area contributed by atoms with Gasteiger partial charge in [-0.25, -0.2) is 9.97 Å². The Morgan fingerprint density at radius 1 is 1.09 bits per heavy atom. The van der Waals surface area contributed by atoms with Gasteiger partial charge >= 0.3 is 0 Å². The zero-order valence-corrected chi connectivity index (χ0v) is 17.5. The van der Waals surface area contributed by atoms with Crippen molar-refractivity contribution in [1.82, 2.24) is 15.3 Å². The number of carbonyl (C=O) groups excluding carboxylic acids is 1. The van der Waals surface area contributed by atoms with Crippen molar-refractivity contribution < 1.29 is 14.6 Å². The van der Waals surface area contributed by atoms with Crippen molar-refractivity contribution in [3.8, 4) is 28.7 Å². The molecule has 8 nitrogen and oxygen atoms in total. The predicted molar refractivity (Wildman–Crippen MR) is 120 cm³/mol. The zero-order chi connectivity index (χ0) is 22.3. The van der Waals surface area contributed by atoms with Gasteiger partial charge in [0.1, 0.15) is 12.4 Å². The van der Waals surface area contributed by atoms with Gasteiger partial charge in [-0.05, 0) is 23.8 Å². The average molecular weight is 429 g/mol. The molecule has 0 unspecified atom stereocenters. The first-order valence-corrected chi connectivity index (χ1v) is 10.4. The maximum absolute atomic E-state index is 12.3. The van der Waals surface area contributed by atoms with E-state index in [1.54, 1.807) is 18.2 Å². The number of ether oxygens (including phenoxy) is 1. The van der Waals surface area contributed by atoms with E-state index in [0.29, 0.717) is 30.3 Å². The Bertz CT molecular complexity index is 1150. The van der Waals surface area contributed by atoms with Crippen molar-refractivity contribution in [3.63, 3.8) is 0 Å². The van der Waals surface area contributed by atoms with Crippen LogP contribution in [0.25, 0.3) is 22.6 Å². The van der Waals surface area contributed by atoms with E-state index in [1.165, 1.54) is 0 Å². The van der Waals surface area contributed by atoms with Crippen LogP contribution in [0.5, 0.6) is 0 Å². The first kappa shape index (κ1) is 21.4. The minimum atomic E-state index is -0.313. The minimum Gasteiger partial charge on any atom is -0.392 e. The molecule has 1 aliphatic rings. The number of benzene rings is 2. The lowest BCUT2D eigenvalue weighted by atomic mass is 10.1. The van der Waals surface area contributed by atoms with Crippen molar-refractivity contribution in [3.05, 3.63) is 65.7 Å². The molecule has 32 heavy (non-hydrogen) atoms. The van der Waals surface area contributed by atoms with Gasteiger partial charge in [0.25, 0.3) is 5.91 Å². The van der Waals surface area contributed by atoms with Crippen LogP contribution in [0.1, 0.15) is 15.9 Å². The van der Waals surface area contributed by atoms with E-state index in [0.717, 1.165) is 35.6 Å². The summed E-state index contributed by atoms with van der Waals surface area (Å²) in [7, 11) is 0. The number of anilines is 1. The fourth-order valence-electron chi connectivity index (χ4n) is 3.52. The second-order valence-corrected chi connectivity index (χ2v) is 7.31. The monoisotopic (exact) mass is 429 g/mol. The molecule has 4 rings (SSSR count). The van der Waals surface area contributed by atoms with E-state index in [-0.39, 0.29) is 19.1 Å². The molecule has 3 aromatic rings. The Labute approximate surface area is 186 Å². The number of aromatic nitrogens is 2. The SMILES string of the molecule is N#CCNC(=O)c1cccc(-c2cc(N3CCOCC3)nc(-c3cccc(CO)c3)n2)c1. The van der Waals surface area contributed by atoms with Crippen LogP contribution in [-0.4, -0.2) is 53.8 Å². The van der Waals surface area contributed by atoms with Crippen molar-refractivity contribution in [2.75, 3.05) is 37.7 Å². The molecule has 1 fully saturated rings. The number of hydrogen-bond acceptors (Lipinski definition) is 7. The maximum Gasteiger partial charge on any atom is 0.252 e. The van der Waals surface area contributed by atoms with Gasteiger partial charge in [0.2, 0.25) is 0 Å². The molecule has 0 saturated carbocycles. The number of nitrogens with one attached hydrogen (secondary N) is 1. The van der Waals surface area contributed by atoms with Gasteiger partial charge in [-0.15, -0.1) is 0 Å². The fraction of sp³-hybridized carbons (Fsp3) is 0.250. The summed E-state index contributed by atoms with van der Waals surface area (Å²) in [5, 5.41) is 20.8. The fourth-order valence-corrected chi connectivity index (χ4v) is 3.52. The van der Waals surface area contributed by atoms with Gasteiger partial charge in [0, 0.05) is 35.8 Å². The number of nitrogens with zero attached hydrogens (tertiary/aromatic N) is 4. The molecule has 1 saturated heterocycles. The molecule has 1 aromatic heterocycles. The molecular formula is C24H23N5O3. The third-order valence-corrected chi connectivity index (χ3v) is 5.16. The van der Waals surface area contributed by atoms with Gasteiger partial charge in [-0.1, -0.05) is 30.3 Å². The Hall–Kier alpha value is -3.80. The van der Waals surface area contributed by atoms with E-state index in [4.69, 9.17) is 20.0 Å². The summed E-state index contributed by atoms with van der Waals surface area (Å²) < 4.78 is 5.48. The number of nitriles is 1. The van der Waals surface area contributed by atoms with Crippen LogP contribution in [0.15, 0.2) is 54.6 Å². The Balaban J connectivity index is 1.77. The van der Waals surface area contributed by atoms with Gasteiger partial charge in [-0.2, -0.15) is 5.26 Å². The van der Waals surface area contributed by atoms with Crippen LogP contribution < -0.4 is 10.2 Å². The van der Waals surface area contributed by atoms with Gasteiger partial charge in [-0.3, -0.25) is 4.79 Å². The second-order valence-electron chi connectivity index (χ2n) is 7.31. The third-order valence-electron chi connectivity index (χ3n) is 5.16. The molecular weight excluding hydrogens is 406 g/mol. The van der Waals surface area contributed by atoms with E-state index >= 15 is 0 Å². The van der Waals surface area contributed by atoms with Crippen LogP contribution in [0.3, 0.4) is 0 Å². The van der Waals surface area contributed by atoms with Crippen LogP contribution in [0.2, 0.25) is 0 Å². The molecule has 0 atom stereocenters. The first-order chi connectivity index (χ1) is 15.7. The number of hydrogen-bond donors (Lipinski definition) is 2. The third kappa shape index (κ3) is 4.91. The lowest BCUT2D eigenvalue weighted by Crippen LogP contribution is -2.36. The lowest BCUT2D eigenvalue weighted by Gasteiger charge is -2.28. The summed E-state index contributed by atoms with van der Waals surface area (Å²) in [6.07, 6.45) is 0. The standard InChI is InChI=1S/C24H23N5O3/c25-7-8-26-24(31)20-6-2-4-18(14-20)21-15-22(29-9-11-32-12-10-29)28-23(27-21)19-5-1-3-17(13-19)16-30/h1-6,13-15,30H,8-12,16H2,(H,26,31). The van der Waals surface area contributed by atoms with Crippen LogP contribution in [0.4, 0.5) is 5.82 Å². The van der Waals surface area contributed by atoms with Gasteiger partial charge in [0.15, 0.2) is 5.82 Å². The van der Waals surface area contributed by atoms with Crippen LogP contribution in [0, 0.1) is 11.3 Å². The lowest BCUT2D eigenvalue weighted by molar-refractivity contribution is 0.0958. The quantitative estimate of drug-likeness (QED) is 0.579. The smallest absolute Gasteiger partial charge is 0.252 e. The van der Waals surface area contributed by atoms with Crippen molar-refractivity contribution in [1.29, 1.82) is 5.26 Å². The van der Waals surface area contributed by atoms with Crippen molar-refractivity contribution in [2.45, 2.75) is 6.61 Å². The number of amides is 1. The van der Waals surface area contributed by atoms with E-state index in [1.807, 2.05) is 42.5 Å². The highest BCUT2D eigenvalue weighted by Crippen LogP contribution is 2.27. The molecule has 1 amide bonds. The molecule has 1 aliphatic heterocycles. The number of aliphatic hydroxyl groups is 1. The van der Waals surface area contributed by atoms with Crippen LogP contribution >= 0.6 is 0 Å². The average Bonchev–Trinajstić information content (AvgIpc) is 2.87. The highest BCUT2D eigenvalue weighted by molar-refractivity contribution is 5.95. The summed E-state index contributed by atoms with van der Waals surface area (Å²) >= 11 is 0. The van der Waals surface area contributed by atoms with E-state index < -0.39 is 0 Å². The summed E-state index contributed by atoms with van der Waals surface area (Å²) in [5.74, 6) is 1.01. The predicted octanol–water partition coefficient (Wildman–Crippen LogP) is 2.39. The zero-order valence-electron chi connectivity index (χ0n) is 17.5. The minimum absolute atomic E-state index is 0.0525. The number of aliphatic hydroxyl groups excluding tert-OH is 1. The van der Waals surface area contributed by atoms with Crippen molar-refractivity contribution >= 4 is 11.7 Å². The molecule has 2 heterocycles. The van der Waals surface area contributed by atoms with E-state index in [9.17, 15) is 9.90 Å². The van der Waals surface area contributed by atoms with Gasteiger partial charge < -0.3 is 20.1 Å². The Kier molecular flexibility index (Phi) is 6.70. The summed E-state index contributed by atoms with van der Waals surface area (Å²) in [6.45, 7) is 2.59.